The lowest BCUT2D eigenvalue weighted by Gasteiger charge is -2.29. The van der Waals surface area contributed by atoms with E-state index in [1.807, 2.05) is 31.2 Å². The monoisotopic (exact) mass is 385 g/mol. The molecule has 0 aliphatic rings. The Hall–Kier alpha value is -3.33. The summed E-state index contributed by atoms with van der Waals surface area (Å²) in [5.41, 5.74) is 6.20. The molecule has 0 N–H and O–H groups in total. The third kappa shape index (κ3) is 4.40. The quantitative estimate of drug-likeness (QED) is 0.469. The molecule has 3 aromatic carbocycles. The highest BCUT2D eigenvalue weighted by atomic mass is 16.5. The summed E-state index contributed by atoms with van der Waals surface area (Å²) in [6, 6.07) is 18.4. The SMILES string of the molecule is C=C(C)N(C(=C)c1ccc(C)cc1C)c1cccc2ccc(OCC(C)=O)cc12. The summed E-state index contributed by atoms with van der Waals surface area (Å²) in [6.45, 7) is 16.3. The van der Waals surface area contributed by atoms with Gasteiger partial charge in [0, 0.05) is 22.3 Å². The molecule has 0 aliphatic heterocycles. The third-order valence-corrected chi connectivity index (χ3v) is 4.86. The number of aryl methyl sites for hydroxylation is 2. The van der Waals surface area contributed by atoms with Gasteiger partial charge in [-0.3, -0.25) is 4.79 Å². The highest BCUT2D eigenvalue weighted by Crippen LogP contribution is 2.36. The second kappa shape index (κ2) is 8.36. The number of benzene rings is 3. The lowest BCUT2D eigenvalue weighted by Crippen LogP contribution is -2.19. The van der Waals surface area contributed by atoms with Crippen LogP contribution in [0.15, 0.2) is 73.5 Å². The molecule has 0 unspecified atom stereocenters. The van der Waals surface area contributed by atoms with Gasteiger partial charge in [-0.05, 0) is 56.8 Å². The Balaban J connectivity index is 2.11. The Kier molecular flexibility index (Phi) is 5.88. The van der Waals surface area contributed by atoms with E-state index in [2.05, 4.69) is 62.2 Å². The van der Waals surface area contributed by atoms with Crippen molar-refractivity contribution in [2.24, 2.45) is 0 Å². The summed E-state index contributed by atoms with van der Waals surface area (Å²) in [7, 11) is 0. The molecule has 0 spiro atoms. The van der Waals surface area contributed by atoms with Crippen molar-refractivity contribution in [3.63, 3.8) is 0 Å². The largest absolute Gasteiger partial charge is 0.486 e. The molecule has 0 radical (unpaired) electrons. The van der Waals surface area contributed by atoms with Gasteiger partial charge in [0.15, 0.2) is 5.78 Å². The number of rotatable bonds is 7. The van der Waals surface area contributed by atoms with Crippen LogP contribution in [0.4, 0.5) is 5.69 Å². The van der Waals surface area contributed by atoms with Crippen LogP contribution in [-0.2, 0) is 4.79 Å². The molecule has 0 fully saturated rings. The summed E-state index contributed by atoms with van der Waals surface area (Å²) in [6.07, 6.45) is 0. The van der Waals surface area contributed by atoms with Gasteiger partial charge in [-0.25, -0.2) is 0 Å². The lowest BCUT2D eigenvalue weighted by molar-refractivity contribution is -0.118. The first kappa shape index (κ1) is 20.4. The van der Waals surface area contributed by atoms with Crippen LogP contribution in [-0.4, -0.2) is 12.4 Å². The van der Waals surface area contributed by atoms with E-state index in [-0.39, 0.29) is 12.4 Å². The molecule has 148 valence electrons. The molecule has 3 aromatic rings. The molecule has 0 atom stereocenters. The maximum absolute atomic E-state index is 11.3. The van der Waals surface area contributed by atoms with E-state index in [1.165, 1.54) is 18.1 Å². The first-order chi connectivity index (χ1) is 13.8. The summed E-state index contributed by atoms with van der Waals surface area (Å²) in [5, 5.41) is 2.10. The molecule has 3 nitrogen and oxygen atoms in total. The topological polar surface area (TPSA) is 29.5 Å². The van der Waals surface area contributed by atoms with Crippen LogP contribution in [0.3, 0.4) is 0 Å². The van der Waals surface area contributed by atoms with Crippen molar-refractivity contribution in [3.8, 4) is 5.75 Å². The maximum atomic E-state index is 11.3. The number of ether oxygens (including phenoxy) is 1. The standard InChI is InChI=1S/C26H27NO2/c1-17(2)27(21(6)24-13-10-18(3)14-19(24)4)26-9-7-8-22-11-12-23(15-25(22)26)29-16-20(5)28/h7-15H,1,6,16H2,2-5H3. The summed E-state index contributed by atoms with van der Waals surface area (Å²) in [4.78, 5) is 13.4. The molecule has 0 bridgehead atoms. The van der Waals surface area contributed by atoms with Crippen molar-refractivity contribution in [2.75, 3.05) is 11.5 Å². The number of nitrogens with zero attached hydrogens (tertiary/aromatic N) is 1. The summed E-state index contributed by atoms with van der Waals surface area (Å²) < 4.78 is 5.64. The minimum absolute atomic E-state index is 0.00910. The second-order valence-electron chi connectivity index (χ2n) is 7.49. The zero-order valence-corrected chi connectivity index (χ0v) is 17.6. The van der Waals surface area contributed by atoms with E-state index in [1.54, 1.807) is 0 Å². The van der Waals surface area contributed by atoms with E-state index >= 15 is 0 Å². The fraction of sp³-hybridized carbons (Fsp3) is 0.192. The van der Waals surface area contributed by atoms with Crippen molar-refractivity contribution in [1.82, 2.24) is 0 Å². The number of allylic oxidation sites excluding steroid dienone is 1. The van der Waals surface area contributed by atoms with Gasteiger partial charge in [-0.15, -0.1) is 0 Å². The molecule has 0 amide bonds. The van der Waals surface area contributed by atoms with E-state index in [0.29, 0.717) is 5.75 Å². The fourth-order valence-electron chi connectivity index (χ4n) is 3.54. The van der Waals surface area contributed by atoms with Gasteiger partial charge in [0.05, 0.1) is 5.69 Å². The molecule has 0 saturated heterocycles. The number of anilines is 1. The number of ketones is 1. The van der Waals surface area contributed by atoms with Crippen molar-refractivity contribution in [2.45, 2.75) is 27.7 Å². The third-order valence-electron chi connectivity index (χ3n) is 4.86. The van der Waals surface area contributed by atoms with Gasteiger partial charge >= 0.3 is 0 Å². The molecule has 3 rings (SSSR count). The van der Waals surface area contributed by atoms with Crippen LogP contribution in [0.2, 0.25) is 0 Å². The van der Waals surface area contributed by atoms with Gasteiger partial charge in [0.25, 0.3) is 0 Å². The average Bonchev–Trinajstić information content (AvgIpc) is 2.66. The first-order valence-corrected chi connectivity index (χ1v) is 9.65. The maximum Gasteiger partial charge on any atom is 0.167 e. The Bertz CT molecular complexity index is 1110. The van der Waals surface area contributed by atoms with Crippen LogP contribution in [0.1, 0.15) is 30.5 Å². The Morgan fingerprint density at radius 1 is 1.00 bits per heavy atom. The van der Waals surface area contributed by atoms with Gasteiger partial charge in [0.1, 0.15) is 12.4 Å². The number of Topliss-reactive ketones (excluding diaryl/α,β-unsaturated/α-hetero) is 1. The van der Waals surface area contributed by atoms with Crippen LogP contribution in [0.5, 0.6) is 5.75 Å². The van der Waals surface area contributed by atoms with Crippen LogP contribution >= 0.6 is 0 Å². The minimum Gasteiger partial charge on any atom is -0.486 e. The highest BCUT2D eigenvalue weighted by Gasteiger charge is 2.17. The van der Waals surface area contributed by atoms with Gasteiger partial charge in [0.2, 0.25) is 0 Å². The van der Waals surface area contributed by atoms with Crippen molar-refractivity contribution in [3.05, 3.63) is 90.1 Å². The molecule has 0 heterocycles. The van der Waals surface area contributed by atoms with Crippen LogP contribution in [0, 0.1) is 13.8 Å². The van der Waals surface area contributed by atoms with E-state index in [9.17, 15) is 4.79 Å². The minimum atomic E-state index is -0.00910. The van der Waals surface area contributed by atoms with Crippen LogP contribution < -0.4 is 9.64 Å². The predicted octanol–water partition coefficient (Wildman–Crippen LogP) is 6.44. The molecule has 0 saturated carbocycles. The highest BCUT2D eigenvalue weighted by molar-refractivity contribution is 6.00. The number of carbonyl (C=O) groups is 1. The second-order valence-corrected chi connectivity index (χ2v) is 7.49. The van der Waals surface area contributed by atoms with Gasteiger partial charge in [-0.2, -0.15) is 0 Å². The zero-order valence-electron chi connectivity index (χ0n) is 17.6. The molecule has 0 aliphatic carbocycles. The predicted molar refractivity (Wildman–Crippen MR) is 122 cm³/mol. The van der Waals surface area contributed by atoms with Crippen LogP contribution in [0.25, 0.3) is 16.5 Å². The Labute approximate surface area is 172 Å². The number of carbonyl (C=O) groups excluding carboxylic acids is 1. The van der Waals surface area contributed by atoms with E-state index in [4.69, 9.17) is 4.74 Å². The molecule has 0 aromatic heterocycles. The van der Waals surface area contributed by atoms with Crippen molar-refractivity contribution < 1.29 is 9.53 Å². The molecular formula is C26H27NO2. The smallest absolute Gasteiger partial charge is 0.167 e. The molecular weight excluding hydrogens is 358 g/mol. The van der Waals surface area contributed by atoms with Gasteiger partial charge in [-0.1, -0.05) is 55.1 Å². The zero-order chi connectivity index (χ0) is 21.1. The molecule has 3 heteroatoms. The van der Waals surface area contributed by atoms with E-state index < -0.39 is 0 Å². The van der Waals surface area contributed by atoms with E-state index in [0.717, 1.165) is 33.4 Å². The van der Waals surface area contributed by atoms with Crippen molar-refractivity contribution >= 4 is 27.9 Å². The molecule has 29 heavy (non-hydrogen) atoms. The van der Waals surface area contributed by atoms with Crippen molar-refractivity contribution in [1.29, 1.82) is 0 Å². The number of hydrogen-bond donors (Lipinski definition) is 0. The Morgan fingerprint density at radius 3 is 2.41 bits per heavy atom. The fourth-order valence-corrected chi connectivity index (χ4v) is 3.54. The number of hydrogen-bond acceptors (Lipinski definition) is 3. The summed E-state index contributed by atoms with van der Waals surface area (Å²) >= 11 is 0. The first-order valence-electron chi connectivity index (χ1n) is 9.65. The summed E-state index contributed by atoms with van der Waals surface area (Å²) in [5.74, 6) is 0.657. The Morgan fingerprint density at radius 2 is 1.76 bits per heavy atom. The normalized spacial score (nSPS) is 10.6. The van der Waals surface area contributed by atoms with Gasteiger partial charge < -0.3 is 9.64 Å². The number of fused-ring (bicyclic) bond motifs is 1. The average molecular weight is 386 g/mol. The lowest BCUT2D eigenvalue weighted by atomic mass is 10.0.